The van der Waals surface area contributed by atoms with E-state index >= 15 is 0 Å². The van der Waals surface area contributed by atoms with Crippen molar-refractivity contribution in [2.75, 3.05) is 0 Å². The number of amides is 1. The second kappa shape index (κ2) is 5.75. The lowest BCUT2D eigenvalue weighted by molar-refractivity contribution is -0.120. The van der Waals surface area contributed by atoms with Crippen molar-refractivity contribution in [3.63, 3.8) is 0 Å². The molecule has 1 amide bonds. The number of rotatable bonds is 4. The first kappa shape index (κ1) is 12.8. The van der Waals surface area contributed by atoms with Crippen LogP contribution in [-0.4, -0.2) is 22.7 Å². The van der Waals surface area contributed by atoms with Crippen molar-refractivity contribution in [3.8, 4) is 0 Å². The monoisotopic (exact) mass is 284 g/mol. The summed E-state index contributed by atoms with van der Waals surface area (Å²) in [5.41, 5.74) is 0.435. The highest BCUT2D eigenvalue weighted by Crippen LogP contribution is 2.09. The zero-order valence-electron chi connectivity index (χ0n) is 9.16. The molecule has 1 heterocycles. The van der Waals surface area contributed by atoms with Gasteiger partial charge < -0.3 is 5.32 Å². The summed E-state index contributed by atoms with van der Waals surface area (Å²) in [4.78, 5) is 26.9. The summed E-state index contributed by atoms with van der Waals surface area (Å²) in [6.45, 7) is 3.45. The number of ketones is 1. The lowest BCUT2D eigenvalue weighted by atomic mass is 10.1. The third-order valence-corrected chi connectivity index (χ3v) is 2.58. The van der Waals surface area contributed by atoms with Crippen molar-refractivity contribution < 1.29 is 9.59 Å². The molecule has 0 aromatic carbocycles. The number of carbonyl (C=O) groups excluding carboxylic acids is 2. The van der Waals surface area contributed by atoms with E-state index in [2.05, 4.69) is 26.2 Å². The van der Waals surface area contributed by atoms with Crippen LogP contribution in [0.3, 0.4) is 0 Å². The van der Waals surface area contributed by atoms with Gasteiger partial charge in [-0.05, 0) is 28.9 Å². The van der Waals surface area contributed by atoms with Gasteiger partial charge in [-0.15, -0.1) is 0 Å². The van der Waals surface area contributed by atoms with Gasteiger partial charge in [-0.1, -0.05) is 6.92 Å². The molecule has 0 aliphatic carbocycles. The SMILES string of the molecule is CCC(=O)C(C)NC(=O)c1cncc(Br)c1. The number of aromatic nitrogens is 1. The lowest BCUT2D eigenvalue weighted by Crippen LogP contribution is -2.38. The molecule has 0 fully saturated rings. The Kier molecular flexibility index (Phi) is 4.61. The van der Waals surface area contributed by atoms with Crippen LogP contribution in [0, 0.1) is 0 Å². The second-order valence-corrected chi connectivity index (χ2v) is 4.32. The first-order valence-corrected chi connectivity index (χ1v) is 5.78. The molecule has 0 bridgehead atoms. The molecule has 1 N–H and O–H groups in total. The van der Waals surface area contributed by atoms with Crippen LogP contribution in [0.2, 0.25) is 0 Å². The molecule has 0 spiro atoms. The maximum Gasteiger partial charge on any atom is 0.253 e. The highest BCUT2D eigenvalue weighted by atomic mass is 79.9. The molecule has 0 aliphatic heterocycles. The predicted octanol–water partition coefficient (Wildman–Crippen LogP) is 1.94. The standard InChI is InChI=1S/C11H13BrN2O2/c1-3-10(15)7(2)14-11(16)8-4-9(12)6-13-5-8/h4-7H,3H2,1-2H3,(H,14,16). The summed E-state index contributed by atoms with van der Waals surface area (Å²) in [7, 11) is 0. The van der Waals surface area contributed by atoms with Gasteiger partial charge in [-0.3, -0.25) is 14.6 Å². The second-order valence-electron chi connectivity index (χ2n) is 3.41. The van der Waals surface area contributed by atoms with E-state index in [1.54, 1.807) is 26.1 Å². The molecule has 1 atom stereocenters. The fourth-order valence-corrected chi connectivity index (χ4v) is 1.57. The molecular formula is C11H13BrN2O2. The van der Waals surface area contributed by atoms with Gasteiger partial charge in [0, 0.05) is 23.3 Å². The summed E-state index contributed by atoms with van der Waals surface area (Å²) in [6.07, 6.45) is 3.47. The van der Waals surface area contributed by atoms with E-state index in [9.17, 15) is 9.59 Å². The number of hydrogen-bond acceptors (Lipinski definition) is 3. The van der Waals surface area contributed by atoms with Crippen LogP contribution in [-0.2, 0) is 4.79 Å². The predicted molar refractivity (Wildman–Crippen MR) is 64.2 cm³/mol. The minimum atomic E-state index is -0.462. The van der Waals surface area contributed by atoms with Crippen LogP contribution >= 0.6 is 15.9 Å². The summed E-state index contributed by atoms with van der Waals surface area (Å²) in [6, 6.07) is 1.20. The molecule has 0 saturated heterocycles. The molecule has 0 radical (unpaired) electrons. The minimum absolute atomic E-state index is 0.0105. The van der Waals surface area contributed by atoms with E-state index < -0.39 is 6.04 Å². The van der Waals surface area contributed by atoms with Gasteiger partial charge in [0.25, 0.3) is 5.91 Å². The van der Waals surface area contributed by atoms with Gasteiger partial charge >= 0.3 is 0 Å². The fraction of sp³-hybridized carbons (Fsp3) is 0.364. The Morgan fingerprint density at radius 1 is 1.50 bits per heavy atom. The first-order chi connectivity index (χ1) is 7.54. The molecule has 1 aromatic rings. The van der Waals surface area contributed by atoms with Gasteiger partial charge in [0.15, 0.2) is 5.78 Å². The Bertz CT molecular complexity index is 407. The van der Waals surface area contributed by atoms with E-state index in [1.807, 2.05) is 0 Å². The molecule has 0 saturated carbocycles. The van der Waals surface area contributed by atoms with Crippen LogP contribution in [0.25, 0.3) is 0 Å². The van der Waals surface area contributed by atoms with E-state index in [0.717, 1.165) is 4.47 Å². The molecule has 4 nitrogen and oxygen atoms in total. The molecular weight excluding hydrogens is 272 g/mol. The van der Waals surface area contributed by atoms with Gasteiger partial charge in [0.2, 0.25) is 0 Å². The van der Waals surface area contributed by atoms with Gasteiger partial charge in [0.05, 0.1) is 11.6 Å². The number of nitrogens with one attached hydrogen (secondary N) is 1. The molecule has 0 aliphatic rings. The summed E-state index contributed by atoms with van der Waals surface area (Å²) >= 11 is 3.23. The van der Waals surface area contributed by atoms with E-state index in [1.165, 1.54) is 6.20 Å². The number of halogens is 1. The third-order valence-electron chi connectivity index (χ3n) is 2.15. The quantitative estimate of drug-likeness (QED) is 0.919. The highest BCUT2D eigenvalue weighted by molar-refractivity contribution is 9.10. The lowest BCUT2D eigenvalue weighted by Gasteiger charge is -2.11. The Morgan fingerprint density at radius 2 is 2.19 bits per heavy atom. The van der Waals surface area contributed by atoms with E-state index in [0.29, 0.717) is 12.0 Å². The van der Waals surface area contributed by atoms with E-state index in [-0.39, 0.29) is 11.7 Å². The van der Waals surface area contributed by atoms with Gasteiger partial charge in [0.1, 0.15) is 0 Å². The smallest absolute Gasteiger partial charge is 0.253 e. The number of hydrogen-bond donors (Lipinski definition) is 1. The maximum atomic E-state index is 11.7. The molecule has 5 heteroatoms. The normalized spacial score (nSPS) is 11.9. The Labute approximate surface area is 103 Å². The molecule has 1 unspecified atom stereocenters. The molecule has 1 aromatic heterocycles. The summed E-state index contributed by atoms with van der Waals surface area (Å²) in [5, 5.41) is 2.62. The number of carbonyl (C=O) groups is 2. The van der Waals surface area contributed by atoms with Crippen LogP contribution < -0.4 is 5.32 Å². The van der Waals surface area contributed by atoms with Crippen molar-refractivity contribution in [3.05, 3.63) is 28.5 Å². The average Bonchev–Trinajstić information content (AvgIpc) is 2.27. The van der Waals surface area contributed by atoms with Crippen molar-refractivity contribution in [2.45, 2.75) is 26.3 Å². The first-order valence-electron chi connectivity index (χ1n) is 4.98. The zero-order valence-corrected chi connectivity index (χ0v) is 10.7. The minimum Gasteiger partial charge on any atom is -0.342 e. The van der Waals surface area contributed by atoms with Crippen LogP contribution in [0.4, 0.5) is 0 Å². The maximum absolute atomic E-state index is 11.7. The van der Waals surface area contributed by atoms with Crippen molar-refractivity contribution in [2.24, 2.45) is 0 Å². The Hall–Kier alpha value is -1.23. The summed E-state index contributed by atoms with van der Waals surface area (Å²) < 4.78 is 0.731. The number of pyridine rings is 1. The highest BCUT2D eigenvalue weighted by Gasteiger charge is 2.15. The van der Waals surface area contributed by atoms with Crippen molar-refractivity contribution >= 4 is 27.6 Å². The van der Waals surface area contributed by atoms with Crippen LogP contribution in [0.15, 0.2) is 22.9 Å². The fourth-order valence-electron chi connectivity index (χ4n) is 1.20. The molecule has 1 rings (SSSR count). The van der Waals surface area contributed by atoms with Crippen molar-refractivity contribution in [1.29, 1.82) is 0 Å². The third kappa shape index (κ3) is 3.41. The number of nitrogens with zero attached hydrogens (tertiary/aromatic N) is 1. The van der Waals surface area contributed by atoms with E-state index in [4.69, 9.17) is 0 Å². The van der Waals surface area contributed by atoms with Crippen molar-refractivity contribution in [1.82, 2.24) is 10.3 Å². The van der Waals surface area contributed by atoms with Gasteiger partial charge in [-0.2, -0.15) is 0 Å². The van der Waals surface area contributed by atoms with Crippen LogP contribution in [0.1, 0.15) is 30.6 Å². The Morgan fingerprint density at radius 3 is 2.75 bits per heavy atom. The molecule has 16 heavy (non-hydrogen) atoms. The number of Topliss-reactive ketones (excluding diaryl/α,β-unsaturated/α-hetero) is 1. The van der Waals surface area contributed by atoms with Crippen LogP contribution in [0.5, 0.6) is 0 Å². The zero-order chi connectivity index (χ0) is 12.1. The molecule has 86 valence electrons. The average molecular weight is 285 g/mol. The largest absolute Gasteiger partial charge is 0.342 e. The Balaban J connectivity index is 2.69. The van der Waals surface area contributed by atoms with Gasteiger partial charge in [-0.25, -0.2) is 0 Å². The summed E-state index contributed by atoms with van der Waals surface area (Å²) in [5.74, 6) is -0.278. The topological polar surface area (TPSA) is 59.1 Å².